The molecule has 0 spiro atoms. The van der Waals surface area contributed by atoms with Gasteiger partial charge in [-0.3, -0.25) is 0 Å². The molecule has 106 valence electrons. The van der Waals surface area contributed by atoms with Crippen LogP contribution in [0.3, 0.4) is 0 Å². The van der Waals surface area contributed by atoms with Crippen LogP contribution in [-0.4, -0.2) is 23.2 Å². The van der Waals surface area contributed by atoms with Gasteiger partial charge in [0, 0.05) is 12.5 Å². The van der Waals surface area contributed by atoms with Gasteiger partial charge < -0.3 is 9.84 Å². The molecule has 1 N–H and O–H groups in total. The lowest BCUT2D eigenvalue weighted by atomic mass is 9.80. The van der Waals surface area contributed by atoms with Crippen molar-refractivity contribution in [3.05, 3.63) is 11.7 Å². The van der Waals surface area contributed by atoms with Crippen LogP contribution in [0.5, 0.6) is 0 Å². The summed E-state index contributed by atoms with van der Waals surface area (Å²) < 4.78 is 5.54. The standard InChI is InChI=1S/C15H25N3O/c1-3-11-5-4-6-12(7-11)14-17-15(19-18-14)13-9-16-8-10(13)2/h10-13,16H,3-9H2,1-2H3/t10-,11?,12?,13-/m1/s1. The van der Waals surface area contributed by atoms with Crippen molar-refractivity contribution in [1.82, 2.24) is 15.5 Å². The molecule has 1 saturated carbocycles. The second-order valence-electron chi connectivity index (χ2n) is 6.37. The van der Waals surface area contributed by atoms with E-state index in [0.29, 0.717) is 17.8 Å². The van der Waals surface area contributed by atoms with Crippen molar-refractivity contribution in [2.45, 2.75) is 57.8 Å². The third-order valence-corrected chi connectivity index (χ3v) is 5.02. The third kappa shape index (κ3) is 2.69. The van der Waals surface area contributed by atoms with Crippen LogP contribution >= 0.6 is 0 Å². The SMILES string of the molecule is CCC1CCCC(c2noc([C@@H]3CNC[C@H]3C)n2)C1. The summed E-state index contributed by atoms with van der Waals surface area (Å²) in [5, 5.41) is 7.67. The Morgan fingerprint density at radius 3 is 2.95 bits per heavy atom. The van der Waals surface area contributed by atoms with Crippen LogP contribution in [-0.2, 0) is 0 Å². The maximum absolute atomic E-state index is 5.54. The van der Waals surface area contributed by atoms with Crippen molar-refractivity contribution < 1.29 is 4.52 Å². The maximum atomic E-state index is 5.54. The van der Waals surface area contributed by atoms with Gasteiger partial charge in [0.1, 0.15) is 0 Å². The molecular formula is C15H25N3O. The summed E-state index contributed by atoms with van der Waals surface area (Å²) in [5.74, 6) is 4.21. The number of hydrogen-bond donors (Lipinski definition) is 1. The van der Waals surface area contributed by atoms with Crippen molar-refractivity contribution >= 4 is 0 Å². The van der Waals surface area contributed by atoms with Gasteiger partial charge in [0.05, 0.1) is 5.92 Å². The average molecular weight is 263 g/mol. The zero-order valence-electron chi connectivity index (χ0n) is 12.1. The molecular weight excluding hydrogens is 238 g/mol. The molecule has 4 nitrogen and oxygen atoms in total. The van der Waals surface area contributed by atoms with Gasteiger partial charge in [-0.1, -0.05) is 38.3 Å². The van der Waals surface area contributed by atoms with Crippen LogP contribution in [0, 0.1) is 11.8 Å². The predicted octanol–water partition coefficient (Wildman–Crippen LogP) is 3.08. The van der Waals surface area contributed by atoms with Crippen LogP contribution in [0.15, 0.2) is 4.52 Å². The van der Waals surface area contributed by atoms with Crippen LogP contribution in [0.1, 0.15) is 69.5 Å². The number of hydrogen-bond acceptors (Lipinski definition) is 4. The number of nitrogens with zero attached hydrogens (tertiary/aromatic N) is 2. The van der Waals surface area contributed by atoms with E-state index >= 15 is 0 Å². The van der Waals surface area contributed by atoms with Crippen molar-refractivity contribution in [3.8, 4) is 0 Å². The minimum Gasteiger partial charge on any atom is -0.339 e. The van der Waals surface area contributed by atoms with E-state index in [1.54, 1.807) is 0 Å². The molecule has 2 unspecified atom stereocenters. The van der Waals surface area contributed by atoms with Crippen molar-refractivity contribution in [3.63, 3.8) is 0 Å². The first-order chi connectivity index (χ1) is 9.28. The third-order valence-electron chi connectivity index (χ3n) is 5.02. The van der Waals surface area contributed by atoms with E-state index in [-0.39, 0.29) is 0 Å². The molecule has 3 rings (SSSR count). The highest BCUT2D eigenvalue weighted by Crippen LogP contribution is 2.37. The van der Waals surface area contributed by atoms with E-state index in [9.17, 15) is 0 Å². The lowest BCUT2D eigenvalue weighted by Gasteiger charge is -2.26. The Morgan fingerprint density at radius 1 is 1.32 bits per heavy atom. The van der Waals surface area contributed by atoms with E-state index < -0.39 is 0 Å². The number of rotatable bonds is 3. The smallest absolute Gasteiger partial charge is 0.231 e. The fourth-order valence-corrected chi connectivity index (χ4v) is 3.60. The summed E-state index contributed by atoms with van der Waals surface area (Å²) in [6.45, 7) is 6.58. The van der Waals surface area contributed by atoms with Crippen LogP contribution in [0.2, 0.25) is 0 Å². The topological polar surface area (TPSA) is 51.0 Å². The summed E-state index contributed by atoms with van der Waals surface area (Å²) in [4.78, 5) is 4.72. The first kappa shape index (κ1) is 13.1. The minimum absolute atomic E-state index is 0.409. The summed E-state index contributed by atoms with van der Waals surface area (Å²) in [7, 11) is 0. The van der Waals surface area contributed by atoms with Gasteiger partial charge in [-0.15, -0.1) is 0 Å². The highest BCUT2D eigenvalue weighted by molar-refractivity contribution is 5.04. The van der Waals surface area contributed by atoms with Crippen LogP contribution < -0.4 is 5.32 Å². The van der Waals surface area contributed by atoms with Crippen molar-refractivity contribution in [1.29, 1.82) is 0 Å². The van der Waals surface area contributed by atoms with Gasteiger partial charge in [-0.25, -0.2) is 0 Å². The second-order valence-corrected chi connectivity index (χ2v) is 6.37. The highest BCUT2D eigenvalue weighted by atomic mass is 16.5. The largest absolute Gasteiger partial charge is 0.339 e. The van der Waals surface area contributed by atoms with Gasteiger partial charge in [-0.2, -0.15) is 4.98 Å². The molecule has 0 amide bonds. The molecule has 1 saturated heterocycles. The Labute approximate surface area is 115 Å². The Hall–Kier alpha value is -0.900. The predicted molar refractivity (Wildman–Crippen MR) is 74.1 cm³/mol. The molecule has 19 heavy (non-hydrogen) atoms. The molecule has 0 radical (unpaired) electrons. The Balaban J connectivity index is 1.70. The lowest BCUT2D eigenvalue weighted by Crippen LogP contribution is -2.15. The van der Waals surface area contributed by atoms with E-state index in [0.717, 1.165) is 30.7 Å². The molecule has 1 aliphatic heterocycles. The molecule has 0 aromatic carbocycles. The lowest BCUT2D eigenvalue weighted by molar-refractivity contribution is 0.295. The van der Waals surface area contributed by atoms with Crippen molar-refractivity contribution in [2.24, 2.45) is 11.8 Å². The summed E-state index contributed by atoms with van der Waals surface area (Å²) in [5.41, 5.74) is 0. The molecule has 2 fully saturated rings. The monoisotopic (exact) mass is 263 g/mol. The van der Waals surface area contributed by atoms with E-state index in [1.807, 2.05) is 0 Å². The molecule has 4 atom stereocenters. The summed E-state index contributed by atoms with van der Waals surface area (Å²) >= 11 is 0. The fourth-order valence-electron chi connectivity index (χ4n) is 3.60. The zero-order chi connectivity index (χ0) is 13.2. The second kappa shape index (κ2) is 5.61. The Morgan fingerprint density at radius 2 is 2.21 bits per heavy atom. The average Bonchev–Trinajstić information content (AvgIpc) is 3.07. The van der Waals surface area contributed by atoms with Crippen LogP contribution in [0.25, 0.3) is 0 Å². The molecule has 0 bridgehead atoms. The molecule has 1 aromatic heterocycles. The molecule has 2 heterocycles. The Bertz CT molecular complexity index is 417. The van der Waals surface area contributed by atoms with Gasteiger partial charge in [0.15, 0.2) is 5.82 Å². The van der Waals surface area contributed by atoms with E-state index in [2.05, 4.69) is 24.3 Å². The molecule has 4 heteroatoms. The maximum Gasteiger partial charge on any atom is 0.231 e. The van der Waals surface area contributed by atoms with Gasteiger partial charge in [0.2, 0.25) is 5.89 Å². The minimum atomic E-state index is 0.409. The van der Waals surface area contributed by atoms with E-state index in [1.165, 1.54) is 32.1 Å². The molecule has 2 aliphatic rings. The first-order valence-corrected chi connectivity index (χ1v) is 7.82. The summed E-state index contributed by atoms with van der Waals surface area (Å²) in [6.07, 6.45) is 6.45. The Kier molecular flexibility index (Phi) is 3.87. The number of nitrogens with one attached hydrogen (secondary N) is 1. The van der Waals surface area contributed by atoms with Crippen molar-refractivity contribution in [2.75, 3.05) is 13.1 Å². The van der Waals surface area contributed by atoms with E-state index in [4.69, 9.17) is 9.51 Å². The first-order valence-electron chi connectivity index (χ1n) is 7.82. The number of aromatic nitrogens is 2. The summed E-state index contributed by atoms with van der Waals surface area (Å²) in [6, 6.07) is 0. The van der Waals surface area contributed by atoms with Gasteiger partial charge >= 0.3 is 0 Å². The zero-order valence-corrected chi connectivity index (χ0v) is 12.1. The molecule has 1 aliphatic carbocycles. The fraction of sp³-hybridized carbons (Fsp3) is 0.867. The van der Waals surface area contributed by atoms with Gasteiger partial charge in [-0.05, 0) is 31.2 Å². The normalized spacial score (nSPS) is 35.7. The molecule has 1 aromatic rings. The van der Waals surface area contributed by atoms with Gasteiger partial charge in [0.25, 0.3) is 0 Å². The highest BCUT2D eigenvalue weighted by Gasteiger charge is 2.31. The quantitative estimate of drug-likeness (QED) is 0.910. The van der Waals surface area contributed by atoms with Crippen LogP contribution in [0.4, 0.5) is 0 Å².